The molecule has 1 unspecified atom stereocenters. The minimum atomic E-state index is -1.44. The summed E-state index contributed by atoms with van der Waals surface area (Å²) in [5.41, 5.74) is 11.3. The summed E-state index contributed by atoms with van der Waals surface area (Å²) in [5.74, 6) is -1.04. The van der Waals surface area contributed by atoms with Gasteiger partial charge in [-0.05, 0) is 25.8 Å². The standard InChI is InChI=1S/C6H14N2O3.C2H4N2O3/c7-4-2-1-3-5(8-11)6(9)10;3-1(5)4-2(6)7/h5,8,11H,1-4,7H2,(H,9,10);(H,6,7)(H3,3,4,5). The highest BCUT2D eigenvalue weighted by atomic mass is 16.5. The number of unbranched alkanes of at least 4 members (excludes halogenated alkanes) is 1. The van der Waals surface area contributed by atoms with Crippen LogP contribution in [-0.2, 0) is 4.79 Å². The van der Waals surface area contributed by atoms with Gasteiger partial charge in [-0.1, -0.05) is 0 Å². The quantitative estimate of drug-likeness (QED) is 0.232. The van der Waals surface area contributed by atoms with E-state index in [1.165, 1.54) is 5.32 Å². The third-order valence-corrected chi connectivity index (χ3v) is 1.63. The van der Waals surface area contributed by atoms with Crippen molar-refractivity contribution < 1.29 is 29.8 Å². The first kappa shape index (κ1) is 18.5. The van der Waals surface area contributed by atoms with E-state index in [1.807, 2.05) is 0 Å². The Balaban J connectivity index is 0. The number of aliphatic carboxylic acids is 1. The van der Waals surface area contributed by atoms with Gasteiger partial charge in [-0.25, -0.2) is 14.9 Å². The highest BCUT2D eigenvalue weighted by molar-refractivity contribution is 5.88. The van der Waals surface area contributed by atoms with E-state index in [4.69, 9.17) is 21.2 Å². The van der Waals surface area contributed by atoms with Crippen molar-refractivity contribution in [3.05, 3.63) is 0 Å². The van der Waals surface area contributed by atoms with E-state index in [-0.39, 0.29) is 0 Å². The van der Waals surface area contributed by atoms with Crippen molar-refractivity contribution in [2.45, 2.75) is 25.3 Å². The van der Waals surface area contributed by atoms with Crippen LogP contribution >= 0.6 is 0 Å². The number of urea groups is 1. The van der Waals surface area contributed by atoms with Gasteiger partial charge < -0.3 is 26.9 Å². The summed E-state index contributed by atoms with van der Waals surface area (Å²) in [7, 11) is 0. The van der Waals surface area contributed by atoms with Crippen LogP contribution in [0.15, 0.2) is 0 Å². The zero-order valence-electron chi connectivity index (χ0n) is 9.63. The molecule has 0 aromatic carbocycles. The van der Waals surface area contributed by atoms with Gasteiger partial charge >= 0.3 is 18.1 Å². The number of hydrogen-bond donors (Lipinski definition) is 7. The molecule has 0 aromatic rings. The molecular weight excluding hydrogens is 248 g/mol. The molecular formula is C8H18N4O6. The van der Waals surface area contributed by atoms with E-state index in [9.17, 15) is 14.4 Å². The van der Waals surface area contributed by atoms with Gasteiger partial charge in [0.25, 0.3) is 0 Å². The number of nitrogens with one attached hydrogen (secondary N) is 2. The number of carbonyl (C=O) groups is 3. The van der Waals surface area contributed by atoms with Crippen molar-refractivity contribution in [3.8, 4) is 0 Å². The molecule has 1 atom stereocenters. The number of rotatable bonds is 6. The number of carboxylic acid groups (broad SMARTS) is 2. The van der Waals surface area contributed by atoms with Crippen molar-refractivity contribution in [2.24, 2.45) is 11.5 Å². The SMILES string of the molecule is NC(=O)NC(=O)O.NCCCCC(NO)C(=O)O. The Morgan fingerprint density at radius 2 is 1.72 bits per heavy atom. The molecule has 10 heteroatoms. The second kappa shape index (κ2) is 11.6. The fourth-order valence-electron chi connectivity index (χ4n) is 0.841. The van der Waals surface area contributed by atoms with Gasteiger partial charge in [-0.15, -0.1) is 0 Å². The van der Waals surface area contributed by atoms with Gasteiger partial charge in [0.15, 0.2) is 0 Å². The predicted molar refractivity (Wildman–Crippen MR) is 60.0 cm³/mol. The van der Waals surface area contributed by atoms with Crippen LogP contribution in [0.5, 0.6) is 0 Å². The summed E-state index contributed by atoms with van der Waals surface area (Å²) in [6, 6.07) is -1.92. The van der Waals surface area contributed by atoms with Crippen LogP contribution in [0.2, 0.25) is 0 Å². The Kier molecular flexibility index (Phi) is 11.9. The Morgan fingerprint density at radius 3 is 1.94 bits per heavy atom. The molecule has 10 nitrogen and oxygen atoms in total. The van der Waals surface area contributed by atoms with E-state index in [2.05, 4.69) is 5.73 Å². The van der Waals surface area contributed by atoms with Crippen LogP contribution in [0.3, 0.4) is 0 Å². The number of imide groups is 1. The molecule has 0 aliphatic rings. The maximum atomic E-state index is 10.3. The fraction of sp³-hybridized carbons (Fsp3) is 0.625. The number of hydrogen-bond acceptors (Lipinski definition) is 6. The molecule has 106 valence electrons. The van der Waals surface area contributed by atoms with Crippen LogP contribution < -0.4 is 22.3 Å². The molecule has 0 saturated carbocycles. The predicted octanol–water partition coefficient (Wildman–Crippen LogP) is -1.12. The number of primary amides is 1. The van der Waals surface area contributed by atoms with Crippen molar-refractivity contribution in [3.63, 3.8) is 0 Å². The minimum Gasteiger partial charge on any atom is -0.480 e. The summed E-state index contributed by atoms with van der Waals surface area (Å²) in [4.78, 5) is 29.2. The molecule has 0 bridgehead atoms. The van der Waals surface area contributed by atoms with Gasteiger partial charge in [0, 0.05) is 0 Å². The highest BCUT2D eigenvalue weighted by Crippen LogP contribution is 1.99. The number of carboxylic acids is 1. The third kappa shape index (κ3) is 14.1. The summed E-state index contributed by atoms with van der Waals surface area (Å²) in [5, 5.41) is 25.8. The Labute approximate surface area is 103 Å². The lowest BCUT2D eigenvalue weighted by Gasteiger charge is -2.08. The van der Waals surface area contributed by atoms with Crippen molar-refractivity contribution in [1.29, 1.82) is 0 Å². The van der Waals surface area contributed by atoms with Gasteiger partial charge in [-0.3, -0.25) is 4.79 Å². The summed E-state index contributed by atoms with van der Waals surface area (Å²) in [6.07, 6.45) is 0.461. The molecule has 3 amide bonds. The zero-order chi connectivity index (χ0) is 14.6. The Hall–Kier alpha value is -1.91. The average molecular weight is 266 g/mol. The van der Waals surface area contributed by atoms with Crippen molar-refractivity contribution in [2.75, 3.05) is 6.54 Å². The van der Waals surface area contributed by atoms with Gasteiger partial charge in [0.05, 0.1) is 0 Å². The van der Waals surface area contributed by atoms with E-state index in [1.54, 1.807) is 5.48 Å². The summed E-state index contributed by atoms with van der Waals surface area (Å²) in [6.45, 7) is 0.553. The first-order chi connectivity index (χ1) is 8.34. The van der Waals surface area contributed by atoms with Crippen LogP contribution in [0.1, 0.15) is 19.3 Å². The first-order valence-electron chi connectivity index (χ1n) is 4.97. The first-order valence-corrected chi connectivity index (χ1v) is 4.97. The number of amides is 3. The van der Waals surface area contributed by atoms with E-state index in [0.717, 1.165) is 6.42 Å². The topological polar surface area (TPSA) is 188 Å². The molecule has 0 aliphatic heterocycles. The number of carbonyl (C=O) groups excluding carboxylic acids is 1. The lowest BCUT2D eigenvalue weighted by molar-refractivity contribution is -0.142. The van der Waals surface area contributed by atoms with Crippen LogP contribution in [-0.4, -0.2) is 46.1 Å². The smallest absolute Gasteiger partial charge is 0.412 e. The van der Waals surface area contributed by atoms with Gasteiger partial charge in [-0.2, -0.15) is 5.48 Å². The van der Waals surface area contributed by atoms with Gasteiger partial charge in [0.2, 0.25) is 0 Å². The molecule has 0 spiro atoms. The molecule has 18 heavy (non-hydrogen) atoms. The molecule has 0 rings (SSSR count). The number of hydroxylamine groups is 1. The highest BCUT2D eigenvalue weighted by Gasteiger charge is 2.14. The van der Waals surface area contributed by atoms with Crippen LogP contribution in [0.4, 0.5) is 9.59 Å². The van der Waals surface area contributed by atoms with Crippen molar-refractivity contribution >= 4 is 18.1 Å². The lowest BCUT2D eigenvalue weighted by Crippen LogP contribution is -2.34. The second-order valence-corrected chi connectivity index (χ2v) is 3.10. The third-order valence-electron chi connectivity index (χ3n) is 1.63. The second-order valence-electron chi connectivity index (χ2n) is 3.10. The molecule has 0 aromatic heterocycles. The molecule has 0 saturated heterocycles. The zero-order valence-corrected chi connectivity index (χ0v) is 9.63. The van der Waals surface area contributed by atoms with E-state index >= 15 is 0 Å². The van der Waals surface area contributed by atoms with E-state index < -0.39 is 24.1 Å². The fourth-order valence-corrected chi connectivity index (χ4v) is 0.841. The lowest BCUT2D eigenvalue weighted by atomic mass is 10.1. The number of nitrogens with two attached hydrogens (primary N) is 2. The Morgan fingerprint density at radius 1 is 1.17 bits per heavy atom. The monoisotopic (exact) mass is 266 g/mol. The van der Waals surface area contributed by atoms with Crippen LogP contribution in [0, 0.1) is 0 Å². The van der Waals surface area contributed by atoms with E-state index in [0.29, 0.717) is 19.4 Å². The van der Waals surface area contributed by atoms with Crippen molar-refractivity contribution in [1.82, 2.24) is 10.8 Å². The van der Waals surface area contributed by atoms with Gasteiger partial charge in [0.1, 0.15) is 6.04 Å². The molecule has 0 heterocycles. The maximum Gasteiger partial charge on any atom is 0.412 e. The summed E-state index contributed by atoms with van der Waals surface area (Å²) >= 11 is 0. The van der Waals surface area contributed by atoms with Crippen LogP contribution in [0.25, 0.3) is 0 Å². The molecule has 0 radical (unpaired) electrons. The maximum absolute atomic E-state index is 10.3. The normalized spacial score (nSPS) is 10.8. The Bertz CT molecular complexity index is 260. The molecule has 0 aliphatic carbocycles. The molecule has 0 fully saturated rings. The minimum absolute atomic E-state index is 0.406. The average Bonchev–Trinajstić information content (AvgIpc) is 2.22. The largest absolute Gasteiger partial charge is 0.480 e. The summed E-state index contributed by atoms with van der Waals surface area (Å²) < 4.78 is 0. The molecule has 9 N–H and O–H groups in total.